The highest BCUT2D eigenvalue weighted by molar-refractivity contribution is 5.91. The van der Waals surface area contributed by atoms with Gasteiger partial charge in [-0.05, 0) is 48.2 Å². The van der Waals surface area contributed by atoms with E-state index in [1.165, 1.54) is 0 Å². The van der Waals surface area contributed by atoms with E-state index in [4.69, 9.17) is 18.6 Å². The van der Waals surface area contributed by atoms with Crippen LogP contribution in [0.2, 0.25) is 0 Å². The molecule has 0 spiro atoms. The molecule has 0 fully saturated rings. The maximum Gasteiger partial charge on any atom is 0.284 e. The van der Waals surface area contributed by atoms with Crippen molar-refractivity contribution in [2.75, 3.05) is 6.61 Å². The van der Waals surface area contributed by atoms with Crippen LogP contribution in [0, 0.1) is 0 Å². The van der Waals surface area contributed by atoms with E-state index in [0.717, 1.165) is 48.3 Å². The molecule has 0 amide bonds. The number of nitrogens with zero attached hydrogens (tertiary/aromatic N) is 2. The number of aromatic nitrogens is 2. The van der Waals surface area contributed by atoms with Crippen LogP contribution >= 0.6 is 0 Å². The summed E-state index contributed by atoms with van der Waals surface area (Å²) in [6, 6.07) is 27.6. The van der Waals surface area contributed by atoms with E-state index >= 15 is 0 Å². The predicted molar refractivity (Wildman–Crippen MR) is 139 cm³/mol. The van der Waals surface area contributed by atoms with E-state index in [9.17, 15) is 4.79 Å². The molecule has 1 aromatic heterocycles. The molecule has 0 saturated carbocycles. The first-order valence-corrected chi connectivity index (χ1v) is 12.6. The highest BCUT2D eigenvalue weighted by Crippen LogP contribution is 2.19. The van der Waals surface area contributed by atoms with Crippen molar-refractivity contribution in [3.63, 3.8) is 0 Å². The number of ether oxygens (including phenoxy) is 3. The van der Waals surface area contributed by atoms with Gasteiger partial charge in [-0.3, -0.25) is 4.79 Å². The molecule has 0 atom stereocenters. The monoisotopic (exact) mass is 500 g/mol. The third-order valence-electron chi connectivity index (χ3n) is 5.68. The molecule has 3 aromatic carbocycles. The average Bonchev–Trinajstić information content (AvgIpc) is 3.42. The minimum absolute atomic E-state index is 0.0536. The number of benzene rings is 3. The highest BCUT2D eigenvalue weighted by atomic mass is 16.5. The largest absolute Gasteiger partial charge is 0.494 e. The van der Waals surface area contributed by atoms with Crippen molar-refractivity contribution in [3.8, 4) is 11.5 Å². The summed E-state index contributed by atoms with van der Waals surface area (Å²) in [7, 11) is 0. The Labute approximate surface area is 217 Å². The van der Waals surface area contributed by atoms with Crippen LogP contribution in [0.1, 0.15) is 59.8 Å². The van der Waals surface area contributed by atoms with Crippen LogP contribution < -0.4 is 9.47 Å². The summed E-state index contributed by atoms with van der Waals surface area (Å²) in [4.78, 5) is 12.3. The number of unbranched alkanes of at least 4 members (excludes halogenated alkanes) is 3. The van der Waals surface area contributed by atoms with Gasteiger partial charge in [-0.25, -0.2) is 0 Å². The summed E-state index contributed by atoms with van der Waals surface area (Å²) >= 11 is 0. The van der Waals surface area contributed by atoms with Crippen molar-refractivity contribution in [2.24, 2.45) is 0 Å². The molecule has 4 aromatic rings. The lowest BCUT2D eigenvalue weighted by Crippen LogP contribution is -2.00. The van der Waals surface area contributed by atoms with Gasteiger partial charge in [-0.1, -0.05) is 73.5 Å². The van der Waals surface area contributed by atoms with Gasteiger partial charge in [0.1, 0.15) is 24.7 Å². The minimum atomic E-state index is -0.132. The lowest BCUT2D eigenvalue weighted by molar-refractivity contribution is 0.0847. The second-order valence-corrected chi connectivity index (χ2v) is 8.66. The van der Waals surface area contributed by atoms with Gasteiger partial charge in [0.2, 0.25) is 11.7 Å². The Morgan fingerprint density at radius 3 is 1.97 bits per heavy atom. The van der Waals surface area contributed by atoms with Crippen LogP contribution in [0.25, 0.3) is 0 Å². The maximum atomic E-state index is 12.3. The number of carbonyl (C=O) groups is 1. The summed E-state index contributed by atoms with van der Waals surface area (Å²) in [5.41, 5.74) is 2.20. The van der Waals surface area contributed by atoms with E-state index in [2.05, 4.69) is 10.2 Å². The third-order valence-corrected chi connectivity index (χ3v) is 5.68. The fourth-order valence-corrected chi connectivity index (χ4v) is 3.67. The molecule has 1 heterocycles. The first-order valence-electron chi connectivity index (χ1n) is 12.6. The van der Waals surface area contributed by atoms with Crippen molar-refractivity contribution >= 4 is 5.78 Å². The van der Waals surface area contributed by atoms with E-state index in [0.29, 0.717) is 32.1 Å². The van der Waals surface area contributed by atoms with Crippen molar-refractivity contribution in [1.82, 2.24) is 10.2 Å². The number of carbonyl (C=O) groups excluding carboxylic acids is 1. The minimum Gasteiger partial charge on any atom is -0.494 e. The van der Waals surface area contributed by atoms with Crippen molar-refractivity contribution in [2.45, 2.75) is 51.9 Å². The smallest absolute Gasteiger partial charge is 0.284 e. The molecular weight excluding hydrogens is 468 g/mol. The van der Waals surface area contributed by atoms with Crippen LogP contribution in [0.4, 0.5) is 0 Å². The van der Waals surface area contributed by atoms with E-state index < -0.39 is 0 Å². The summed E-state index contributed by atoms with van der Waals surface area (Å²) < 4.78 is 22.6. The molecule has 0 N–H and O–H groups in total. The first-order chi connectivity index (χ1) is 18.3. The average molecular weight is 501 g/mol. The zero-order valence-electron chi connectivity index (χ0n) is 20.9. The lowest BCUT2D eigenvalue weighted by atomic mass is 10.1. The number of ketones is 1. The molecule has 7 heteroatoms. The van der Waals surface area contributed by atoms with Crippen LogP contribution in [-0.2, 0) is 24.6 Å². The van der Waals surface area contributed by atoms with Gasteiger partial charge in [0.15, 0.2) is 0 Å². The highest BCUT2D eigenvalue weighted by Gasteiger charge is 2.14. The summed E-state index contributed by atoms with van der Waals surface area (Å²) in [6.45, 7) is 1.80. The number of Topliss-reactive ketones (excluding diaryl/α,β-unsaturated/α-hetero) is 1. The Hall–Kier alpha value is -3.97. The second kappa shape index (κ2) is 14.6. The van der Waals surface area contributed by atoms with Crippen molar-refractivity contribution in [1.29, 1.82) is 0 Å². The van der Waals surface area contributed by atoms with Gasteiger partial charge >= 0.3 is 0 Å². The topological polar surface area (TPSA) is 83.7 Å². The maximum absolute atomic E-state index is 12.3. The van der Waals surface area contributed by atoms with Gasteiger partial charge in [0.25, 0.3) is 5.89 Å². The molecule has 37 heavy (non-hydrogen) atoms. The van der Waals surface area contributed by atoms with E-state index in [1.54, 1.807) is 0 Å². The van der Waals surface area contributed by atoms with Crippen molar-refractivity contribution in [3.05, 3.63) is 108 Å². The molecule has 0 saturated heterocycles. The Bertz CT molecular complexity index is 1190. The van der Waals surface area contributed by atoms with Crippen LogP contribution in [-0.4, -0.2) is 22.6 Å². The van der Waals surface area contributed by atoms with Gasteiger partial charge in [0, 0.05) is 6.42 Å². The number of hydrogen-bond donors (Lipinski definition) is 0. The quantitative estimate of drug-likeness (QED) is 0.127. The SMILES string of the molecule is O=C(CCCCCCOc1ccc(OCc2ccccc2)cc1)c1nnc(COCc2ccccc2)o1. The molecule has 4 rings (SSSR count). The standard InChI is InChI=1S/C30H32N2O5/c33-28(30-32-31-29(37-30)23-34-21-24-11-5-3-6-12-24)15-9-1-2-10-20-35-26-16-18-27(19-17-26)36-22-25-13-7-4-8-14-25/h3-8,11-14,16-19H,1-2,9-10,15,20-23H2. The van der Waals surface area contributed by atoms with Gasteiger partial charge in [0.05, 0.1) is 13.2 Å². The molecule has 0 aliphatic heterocycles. The fraction of sp³-hybridized carbons (Fsp3) is 0.300. The molecule has 192 valence electrons. The van der Waals surface area contributed by atoms with Gasteiger partial charge < -0.3 is 18.6 Å². The Balaban J connectivity index is 1.04. The number of hydrogen-bond acceptors (Lipinski definition) is 7. The van der Waals surface area contributed by atoms with Crippen molar-refractivity contribution < 1.29 is 23.4 Å². The predicted octanol–water partition coefficient (Wildman–Crippen LogP) is 6.58. The summed E-state index contributed by atoms with van der Waals surface area (Å²) in [5.74, 6) is 1.87. The van der Waals surface area contributed by atoms with Crippen LogP contribution in [0.15, 0.2) is 89.3 Å². The molecule has 0 aliphatic carbocycles. The molecule has 0 bridgehead atoms. The van der Waals surface area contributed by atoms with E-state index in [-0.39, 0.29) is 18.3 Å². The zero-order valence-corrected chi connectivity index (χ0v) is 20.9. The zero-order chi connectivity index (χ0) is 25.5. The molecule has 0 unspecified atom stereocenters. The first kappa shape index (κ1) is 26.1. The summed E-state index contributed by atoms with van der Waals surface area (Å²) in [6.07, 6.45) is 3.99. The van der Waals surface area contributed by atoms with Crippen LogP contribution in [0.3, 0.4) is 0 Å². The Morgan fingerprint density at radius 1 is 0.649 bits per heavy atom. The summed E-state index contributed by atoms with van der Waals surface area (Å²) in [5, 5.41) is 7.77. The van der Waals surface area contributed by atoms with Gasteiger partial charge in [-0.15, -0.1) is 10.2 Å². The normalized spacial score (nSPS) is 10.8. The second-order valence-electron chi connectivity index (χ2n) is 8.66. The Kier molecular flexibility index (Phi) is 10.3. The molecule has 0 radical (unpaired) electrons. The fourth-order valence-electron chi connectivity index (χ4n) is 3.67. The molecular formula is C30H32N2O5. The Morgan fingerprint density at radius 2 is 1.27 bits per heavy atom. The van der Waals surface area contributed by atoms with Gasteiger partial charge in [-0.2, -0.15) is 0 Å². The number of rotatable bonds is 16. The van der Waals surface area contributed by atoms with E-state index in [1.807, 2.05) is 84.9 Å². The third kappa shape index (κ3) is 9.20. The molecule has 0 aliphatic rings. The molecule has 7 nitrogen and oxygen atoms in total. The lowest BCUT2D eigenvalue weighted by Gasteiger charge is -2.09. The van der Waals surface area contributed by atoms with Crippen LogP contribution in [0.5, 0.6) is 11.5 Å².